The summed E-state index contributed by atoms with van der Waals surface area (Å²) >= 11 is 0. The number of aliphatic carboxylic acids is 1. The molecule has 0 radical (unpaired) electrons. The molecular weight excluding hydrogens is 295 g/mol. The summed E-state index contributed by atoms with van der Waals surface area (Å²) in [5.41, 5.74) is 4.87. The van der Waals surface area contributed by atoms with Crippen molar-refractivity contribution >= 4 is 17.9 Å². The first-order valence-electron chi connectivity index (χ1n) is 6.25. The van der Waals surface area contributed by atoms with Crippen molar-refractivity contribution in [1.82, 2.24) is 10.2 Å². The summed E-state index contributed by atoms with van der Waals surface area (Å²) in [7, 11) is 0. The molecule has 120 valence electrons. The lowest BCUT2D eigenvalue weighted by molar-refractivity contribution is -0.141. The molecule has 7 nitrogen and oxygen atoms in total. The molecule has 10 heteroatoms. The minimum Gasteiger partial charge on any atom is -0.480 e. The molecule has 21 heavy (non-hydrogen) atoms. The fraction of sp³-hybridized carbons (Fsp3) is 0.727. The Hall–Kier alpha value is -2.00. The highest BCUT2D eigenvalue weighted by Gasteiger charge is 2.41. The molecule has 1 atom stereocenters. The third-order valence-electron chi connectivity index (χ3n) is 2.87. The van der Waals surface area contributed by atoms with E-state index in [1.807, 2.05) is 5.32 Å². The molecule has 0 bridgehead atoms. The van der Waals surface area contributed by atoms with Gasteiger partial charge in [0.05, 0.1) is 0 Å². The van der Waals surface area contributed by atoms with Crippen LogP contribution in [0.1, 0.15) is 25.7 Å². The van der Waals surface area contributed by atoms with E-state index in [1.54, 1.807) is 0 Å². The highest BCUT2D eigenvalue weighted by Crippen LogP contribution is 2.30. The SMILES string of the molecule is NC(=O)CC[C@@H](NC(=O)N(CC(F)(F)F)C1CC1)C(=O)O. The smallest absolute Gasteiger partial charge is 0.406 e. The minimum atomic E-state index is -4.56. The Morgan fingerprint density at radius 3 is 2.29 bits per heavy atom. The second kappa shape index (κ2) is 6.64. The largest absolute Gasteiger partial charge is 0.480 e. The van der Waals surface area contributed by atoms with Gasteiger partial charge in [0.25, 0.3) is 0 Å². The maximum Gasteiger partial charge on any atom is 0.406 e. The number of carboxylic acids is 1. The molecule has 1 rings (SSSR count). The number of nitrogens with zero attached hydrogens (tertiary/aromatic N) is 1. The zero-order chi connectivity index (χ0) is 16.2. The van der Waals surface area contributed by atoms with E-state index in [9.17, 15) is 27.6 Å². The standard InChI is InChI=1S/C11H16F3N3O4/c12-11(13,14)5-17(6-1-2-6)10(21)16-7(9(19)20)3-4-8(15)18/h6-7H,1-5H2,(H2,15,18)(H,16,21)(H,19,20)/t7-/m1/s1. The molecule has 1 aliphatic rings. The zero-order valence-electron chi connectivity index (χ0n) is 11.0. The summed E-state index contributed by atoms with van der Waals surface area (Å²) < 4.78 is 37.2. The molecule has 0 heterocycles. The van der Waals surface area contributed by atoms with E-state index in [4.69, 9.17) is 10.8 Å². The van der Waals surface area contributed by atoms with E-state index in [0.29, 0.717) is 17.7 Å². The fourth-order valence-electron chi connectivity index (χ4n) is 1.72. The van der Waals surface area contributed by atoms with E-state index in [-0.39, 0.29) is 12.8 Å². The number of urea groups is 1. The number of carboxylic acid groups (broad SMARTS) is 1. The number of nitrogens with two attached hydrogens (primary N) is 1. The van der Waals surface area contributed by atoms with Crippen LogP contribution < -0.4 is 11.1 Å². The number of halogens is 3. The van der Waals surface area contributed by atoms with Crippen LogP contribution in [0.4, 0.5) is 18.0 Å². The van der Waals surface area contributed by atoms with Crippen molar-refractivity contribution in [3.05, 3.63) is 0 Å². The first kappa shape index (κ1) is 17.1. The Morgan fingerprint density at radius 2 is 1.90 bits per heavy atom. The molecule has 0 unspecified atom stereocenters. The van der Waals surface area contributed by atoms with Crippen LogP contribution in [0.3, 0.4) is 0 Å². The molecular formula is C11H16F3N3O4. The van der Waals surface area contributed by atoms with Gasteiger partial charge in [0.2, 0.25) is 5.91 Å². The van der Waals surface area contributed by atoms with E-state index in [1.165, 1.54) is 0 Å². The van der Waals surface area contributed by atoms with E-state index in [2.05, 4.69) is 0 Å². The number of nitrogens with one attached hydrogen (secondary N) is 1. The molecule has 0 aromatic rings. The number of hydrogen-bond acceptors (Lipinski definition) is 3. The van der Waals surface area contributed by atoms with Gasteiger partial charge in [-0.05, 0) is 19.3 Å². The van der Waals surface area contributed by atoms with Gasteiger partial charge in [-0.1, -0.05) is 0 Å². The van der Waals surface area contributed by atoms with Gasteiger partial charge in [0, 0.05) is 12.5 Å². The number of primary amides is 1. The molecule has 1 aliphatic carbocycles. The Balaban J connectivity index is 2.64. The number of rotatable bonds is 7. The van der Waals surface area contributed by atoms with Gasteiger partial charge >= 0.3 is 18.2 Å². The fourth-order valence-corrected chi connectivity index (χ4v) is 1.72. The van der Waals surface area contributed by atoms with Crippen LogP contribution >= 0.6 is 0 Å². The van der Waals surface area contributed by atoms with Gasteiger partial charge in [0.1, 0.15) is 12.6 Å². The second-order valence-corrected chi connectivity index (χ2v) is 4.82. The lowest BCUT2D eigenvalue weighted by atomic mass is 10.1. The van der Waals surface area contributed by atoms with Crippen LogP contribution in [0, 0.1) is 0 Å². The molecule has 1 fully saturated rings. The Bertz CT molecular complexity index is 423. The third kappa shape index (κ3) is 6.32. The van der Waals surface area contributed by atoms with Crippen LogP contribution in [0.15, 0.2) is 0 Å². The van der Waals surface area contributed by atoms with Crippen LogP contribution in [-0.2, 0) is 9.59 Å². The average molecular weight is 311 g/mol. The number of amides is 3. The molecule has 3 amide bonds. The lowest BCUT2D eigenvalue weighted by Gasteiger charge is -2.25. The number of carbonyl (C=O) groups is 3. The summed E-state index contributed by atoms with van der Waals surface area (Å²) in [5.74, 6) is -2.20. The average Bonchev–Trinajstić information content (AvgIpc) is 3.13. The molecule has 0 spiro atoms. The molecule has 1 saturated carbocycles. The monoisotopic (exact) mass is 311 g/mol. The summed E-state index contributed by atoms with van der Waals surface area (Å²) in [4.78, 5) is 33.9. The molecule has 0 saturated heterocycles. The third-order valence-corrected chi connectivity index (χ3v) is 2.87. The Labute approximate surface area is 118 Å². The van der Waals surface area contributed by atoms with Crippen molar-refractivity contribution < 1.29 is 32.7 Å². The second-order valence-electron chi connectivity index (χ2n) is 4.82. The van der Waals surface area contributed by atoms with Gasteiger partial charge in [-0.3, -0.25) is 4.79 Å². The van der Waals surface area contributed by atoms with Crippen molar-refractivity contribution in [3.63, 3.8) is 0 Å². The Morgan fingerprint density at radius 1 is 1.33 bits per heavy atom. The van der Waals surface area contributed by atoms with E-state index >= 15 is 0 Å². The molecule has 0 aliphatic heterocycles. The minimum absolute atomic E-state index is 0.277. The topological polar surface area (TPSA) is 113 Å². The summed E-state index contributed by atoms with van der Waals surface area (Å²) in [6, 6.07) is -3.09. The predicted octanol–water partition coefficient (Wildman–Crippen LogP) is 0.441. The van der Waals surface area contributed by atoms with Crippen LogP contribution in [0.5, 0.6) is 0 Å². The van der Waals surface area contributed by atoms with Gasteiger partial charge in [-0.15, -0.1) is 0 Å². The van der Waals surface area contributed by atoms with Crippen molar-refractivity contribution in [2.24, 2.45) is 5.73 Å². The maximum absolute atomic E-state index is 12.4. The van der Waals surface area contributed by atoms with Crippen LogP contribution in [0.2, 0.25) is 0 Å². The van der Waals surface area contributed by atoms with Crippen LogP contribution in [0.25, 0.3) is 0 Å². The number of alkyl halides is 3. The molecule has 0 aromatic heterocycles. The van der Waals surface area contributed by atoms with Gasteiger partial charge < -0.3 is 21.1 Å². The van der Waals surface area contributed by atoms with Crippen molar-refractivity contribution in [1.29, 1.82) is 0 Å². The van der Waals surface area contributed by atoms with Crippen molar-refractivity contribution in [2.75, 3.05) is 6.54 Å². The molecule has 4 N–H and O–H groups in total. The first-order chi connectivity index (χ1) is 9.60. The van der Waals surface area contributed by atoms with Gasteiger partial charge in [0.15, 0.2) is 0 Å². The first-order valence-corrected chi connectivity index (χ1v) is 6.25. The summed E-state index contributed by atoms with van der Waals surface area (Å²) in [5, 5.41) is 10.9. The predicted molar refractivity (Wildman–Crippen MR) is 64.2 cm³/mol. The summed E-state index contributed by atoms with van der Waals surface area (Å²) in [6.45, 7) is -1.44. The highest BCUT2D eigenvalue weighted by atomic mass is 19.4. The lowest BCUT2D eigenvalue weighted by Crippen LogP contribution is -2.51. The number of carbonyl (C=O) groups excluding carboxylic acids is 2. The van der Waals surface area contributed by atoms with Crippen LogP contribution in [-0.4, -0.2) is 52.7 Å². The van der Waals surface area contributed by atoms with Gasteiger partial charge in [-0.2, -0.15) is 13.2 Å². The van der Waals surface area contributed by atoms with Gasteiger partial charge in [-0.25, -0.2) is 9.59 Å². The van der Waals surface area contributed by atoms with E-state index < -0.39 is 42.7 Å². The van der Waals surface area contributed by atoms with Crippen molar-refractivity contribution in [2.45, 2.75) is 43.9 Å². The normalized spacial score (nSPS) is 16.1. The number of hydrogen-bond donors (Lipinski definition) is 3. The Kier molecular flexibility index (Phi) is 5.39. The molecule has 0 aromatic carbocycles. The van der Waals surface area contributed by atoms with Crippen molar-refractivity contribution in [3.8, 4) is 0 Å². The zero-order valence-corrected chi connectivity index (χ0v) is 11.0. The quantitative estimate of drug-likeness (QED) is 0.633. The highest BCUT2D eigenvalue weighted by molar-refractivity contribution is 5.83. The van der Waals surface area contributed by atoms with E-state index in [0.717, 1.165) is 0 Å². The summed E-state index contributed by atoms with van der Waals surface area (Å²) in [6.07, 6.45) is -4.24. The maximum atomic E-state index is 12.4.